The van der Waals surface area contributed by atoms with Gasteiger partial charge in [-0.2, -0.15) is 0 Å². The van der Waals surface area contributed by atoms with Crippen LogP contribution in [-0.4, -0.2) is 18.2 Å². The van der Waals surface area contributed by atoms with Crippen LogP contribution in [-0.2, 0) is 12.8 Å². The molecule has 1 aromatic carbocycles. The lowest BCUT2D eigenvalue weighted by Crippen LogP contribution is -2.15. The molecule has 0 atom stereocenters. The number of hydrogen-bond acceptors (Lipinski definition) is 5. The number of ether oxygens (including phenoxy) is 2. The maximum Gasteiger partial charge on any atom is 0.292 e. The quantitative estimate of drug-likeness (QED) is 0.894. The Morgan fingerprint density at radius 2 is 1.94 bits per heavy atom. The van der Waals surface area contributed by atoms with Gasteiger partial charge in [-0.3, -0.25) is 0 Å². The topological polar surface area (TPSA) is 70.5 Å². The predicted octanol–water partition coefficient (Wildman–Crippen LogP) is 1.81. The van der Waals surface area contributed by atoms with Crippen LogP contribution in [0.4, 0.5) is 6.01 Å². The lowest BCUT2D eigenvalue weighted by atomic mass is 10.1. The fourth-order valence-electron chi connectivity index (χ4n) is 1.95. The molecule has 0 aliphatic carbocycles. The fourth-order valence-corrected chi connectivity index (χ4v) is 1.95. The SMILES string of the molecule is Nc1ncc(CCc2ccc3c(c2)OCCO3)o1. The molecular formula is C13H14N2O3. The summed E-state index contributed by atoms with van der Waals surface area (Å²) in [7, 11) is 0. The van der Waals surface area contributed by atoms with Crippen LogP contribution >= 0.6 is 0 Å². The van der Waals surface area contributed by atoms with E-state index in [-0.39, 0.29) is 6.01 Å². The maximum atomic E-state index is 5.54. The van der Waals surface area contributed by atoms with Crippen LogP contribution in [0.5, 0.6) is 11.5 Å². The van der Waals surface area contributed by atoms with E-state index < -0.39 is 0 Å². The van der Waals surface area contributed by atoms with E-state index in [2.05, 4.69) is 4.98 Å². The van der Waals surface area contributed by atoms with Gasteiger partial charge in [-0.1, -0.05) is 6.07 Å². The van der Waals surface area contributed by atoms with Crippen molar-refractivity contribution in [3.8, 4) is 11.5 Å². The highest BCUT2D eigenvalue weighted by atomic mass is 16.6. The Balaban J connectivity index is 1.69. The van der Waals surface area contributed by atoms with E-state index >= 15 is 0 Å². The molecule has 0 fully saturated rings. The minimum Gasteiger partial charge on any atom is -0.486 e. The van der Waals surface area contributed by atoms with Gasteiger partial charge < -0.3 is 19.6 Å². The van der Waals surface area contributed by atoms with Crippen LogP contribution in [0.25, 0.3) is 0 Å². The molecule has 1 aliphatic heterocycles. The third kappa shape index (κ3) is 2.25. The molecule has 0 spiro atoms. The number of nitrogen functional groups attached to an aromatic ring is 1. The third-order valence-electron chi connectivity index (χ3n) is 2.84. The van der Waals surface area contributed by atoms with Gasteiger partial charge >= 0.3 is 0 Å². The lowest BCUT2D eigenvalue weighted by Gasteiger charge is -2.18. The van der Waals surface area contributed by atoms with Crippen LogP contribution in [0.15, 0.2) is 28.8 Å². The van der Waals surface area contributed by atoms with E-state index in [1.807, 2.05) is 18.2 Å². The summed E-state index contributed by atoms with van der Waals surface area (Å²) in [5, 5.41) is 0. The molecule has 5 heteroatoms. The van der Waals surface area contributed by atoms with Crippen LogP contribution < -0.4 is 15.2 Å². The molecule has 0 bridgehead atoms. The summed E-state index contributed by atoms with van der Waals surface area (Å²) in [5.41, 5.74) is 6.60. The summed E-state index contributed by atoms with van der Waals surface area (Å²) in [6.07, 6.45) is 3.28. The molecule has 2 N–H and O–H groups in total. The molecule has 0 amide bonds. The summed E-state index contributed by atoms with van der Waals surface area (Å²) < 4.78 is 16.2. The van der Waals surface area contributed by atoms with Crippen molar-refractivity contribution in [2.75, 3.05) is 18.9 Å². The molecule has 5 nitrogen and oxygen atoms in total. The van der Waals surface area contributed by atoms with Crippen LogP contribution in [0.2, 0.25) is 0 Å². The van der Waals surface area contributed by atoms with Gasteiger partial charge in [0.25, 0.3) is 6.01 Å². The van der Waals surface area contributed by atoms with Crippen LogP contribution in [0.3, 0.4) is 0 Å². The lowest BCUT2D eigenvalue weighted by molar-refractivity contribution is 0.171. The number of nitrogens with zero attached hydrogens (tertiary/aromatic N) is 1. The van der Waals surface area contributed by atoms with Gasteiger partial charge in [0.1, 0.15) is 19.0 Å². The Bertz CT molecular complexity index is 551. The summed E-state index contributed by atoms with van der Waals surface area (Å²) in [5.74, 6) is 2.42. The number of fused-ring (bicyclic) bond motifs is 1. The Hall–Kier alpha value is -2.17. The van der Waals surface area contributed by atoms with Crippen molar-refractivity contribution in [3.63, 3.8) is 0 Å². The zero-order valence-electron chi connectivity index (χ0n) is 9.89. The Morgan fingerprint density at radius 3 is 2.72 bits per heavy atom. The van der Waals surface area contributed by atoms with Gasteiger partial charge in [0.15, 0.2) is 11.5 Å². The second kappa shape index (κ2) is 4.60. The molecule has 0 saturated carbocycles. The monoisotopic (exact) mass is 246 g/mol. The minimum atomic E-state index is 0.215. The van der Waals surface area contributed by atoms with Gasteiger partial charge in [-0.25, -0.2) is 4.98 Å². The number of benzene rings is 1. The highest BCUT2D eigenvalue weighted by Crippen LogP contribution is 2.31. The molecule has 0 saturated heterocycles. The first-order valence-electron chi connectivity index (χ1n) is 5.90. The molecule has 1 aliphatic rings. The van der Waals surface area contributed by atoms with Gasteiger partial charge in [0.05, 0.1) is 6.20 Å². The second-order valence-corrected chi connectivity index (χ2v) is 4.14. The summed E-state index contributed by atoms with van der Waals surface area (Å²) in [6, 6.07) is 6.20. The van der Waals surface area contributed by atoms with E-state index in [1.165, 1.54) is 5.56 Å². The Morgan fingerprint density at radius 1 is 1.11 bits per heavy atom. The Labute approximate surface area is 105 Å². The van der Waals surface area contributed by atoms with Crippen molar-refractivity contribution in [3.05, 3.63) is 35.7 Å². The number of aromatic nitrogens is 1. The molecule has 18 heavy (non-hydrogen) atoms. The summed E-state index contributed by atoms with van der Waals surface area (Å²) in [4.78, 5) is 3.87. The molecule has 2 aromatic rings. The number of aryl methyl sites for hydroxylation is 2. The smallest absolute Gasteiger partial charge is 0.292 e. The molecule has 0 unspecified atom stereocenters. The van der Waals surface area contributed by atoms with E-state index in [0.29, 0.717) is 13.2 Å². The standard InChI is InChI=1S/C13H14N2O3/c14-13-15-8-10(18-13)3-1-9-2-4-11-12(7-9)17-6-5-16-11/h2,4,7-8H,1,3,5-6H2,(H2,14,15). The maximum absolute atomic E-state index is 5.54. The Kier molecular flexibility index (Phi) is 2.80. The predicted molar refractivity (Wildman–Crippen MR) is 65.8 cm³/mol. The van der Waals surface area contributed by atoms with Crippen molar-refractivity contribution < 1.29 is 13.9 Å². The summed E-state index contributed by atoms with van der Waals surface area (Å²) in [6.45, 7) is 1.22. The zero-order valence-corrected chi connectivity index (χ0v) is 9.89. The highest BCUT2D eigenvalue weighted by Gasteiger charge is 2.11. The number of rotatable bonds is 3. The van der Waals surface area contributed by atoms with Gasteiger partial charge in [-0.05, 0) is 24.1 Å². The van der Waals surface area contributed by atoms with E-state index in [9.17, 15) is 0 Å². The minimum absolute atomic E-state index is 0.215. The van der Waals surface area contributed by atoms with Gasteiger partial charge in [0.2, 0.25) is 0 Å². The van der Waals surface area contributed by atoms with Crippen LogP contribution in [0, 0.1) is 0 Å². The number of oxazole rings is 1. The van der Waals surface area contributed by atoms with Crippen molar-refractivity contribution in [1.29, 1.82) is 0 Å². The van der Waals surface area contributed by atoms with Crippen molar-refractivity contribution in [2.24, 2.45) is 0 Å². The van der Waals surface area contributed by atoms with Crippen molar-refractivity contribution in [1.82, 2.24) is 4.98 Å². The first-order valence-corrected chi connectivity index (χ1v) is 5.90. The summed E-state index contributed by atoms with van der Waals surface area (Å²) >= 11 is 0. The van der Waals surface area contributed by atoms with E-state index in [4.69, 9.17) is 19.6 Å². The van der Waals surface area contributed by atoms with Crippen molar-refractivity contribution in [2.45, 2.75) is 12.8 Å². The molecule has 0 radical (unpaired) electrons. The number of anilines is 1. The average molecular weight is 246 g/mol. The van der Waals surface area contributed by atoms with E-state index in [0.717, 1.165) is 30.1 Å². The van der Waals surface area contributed by atoms with Gasteiger partial charge in [0, 0.05) is 6.42 Å². The molecule has 94 valence electrons. The third-order valence-corrected chi connectivity index (χ3v) is 2.84. The average Bonchev–Trinajstić information content (AvgIpc) is 2.82. The second-order valence-electron chi connectivity index (χ2n) is 4.14. The van der Waals surface area contributed by atoms with E-state index in [1.54, 1.807) is 6.20 Å². The van der Waals surface area contributed by atoms with Crippen LogP contribution in [0.1, 0.15) is 11.3 Å². The number of hydrogen-bond donors (Lipinski definition) is 1. The molecule has 3 rings (SSSR count). The highest BCUT2D eigenvalue weighted by molar-refractivity contribution is 5.43. The molecule has 1 aromatic heterocycles. The molecule has 2 heterocycles. The fraction of sp³-hybridized carbons (Fsp3) is 0.308. The normalized spacial score (nSPS) is 13.6. The first-order chi connectivity index (χ1) is 8.81. The number of nitrogens with two attached hydrogens (primary N) is 1. The molecular weight excluding hydrogens is 232 g/mol. The first kappa shape index (κ1) is 11.0. The van der Waals surface area contributed by atoms with Crippen molar-refractivity contribution >= 4 is 6.01 Å². The van der Waals surface area contributed by atoms with Gasteiger partial charge in [-0.15, -0.1) is 0 Å². The largest absolute Gasteiger partial charge is 0.486 e. The zero-order chi connectivity index (χ0) is 12.4.